The third-order valence-electron chi connectivity index (χ3n) is 3.60. The molecule has 2 atom stereocenters. The maximum absolute atomic E-state index is 5.69. The second kappa shape index (κ2) is 5.74. The second-order valence-corrected chi connectivity index (χ2v) is 5.19. The number of morpholine rings is 1. The van der Waals surface area contributed by atoms with E-state index >= 15 is 0 Å². The van der Waals surface area contributed by atoms with Crippen LogP contribution in [0.5, 0.6) is 0 Å². The summed E-state index contributed by atoms with van der Waals surface area (Å²) in [5.41, 5.74) is 1.11. The van der Waals surface area contributed by atoms with Crippen molar-refractivity contribution in [2.45, 2.75) is 46.3 Å². The van der Waals surface area contributed by atoms with Gasteiger partial charge in [-0.2, -0.15) is 0 Å². The van der Waals surface area contributed by atoms with Crippen molar-refractivity contribution in [1.82, 2.24) is 9.97 Å². The molecule has 0 aromatic carbocycles. The van der Waals surface area contributed by atoms with Gasteiger partial charge < -0.3 is 15.0 Å². The number of hydrogen-bond acceptors (Lipinski definition) is 5. The van der Waals surface area contributed by atoms with Crippen molar-refractivity contribution in [3.05, 3.63) is 11.4 Å². The predicted molar refractivity (Wildman–Crippen MR) is 77.9 cm³/mol. The Morgan fingerprint density at radius 1 is 1.37 bits per heavy atom. The predicted octanol–water partition coefficient (Wildman–Crippen LogP) is 2.00. The standard InChI is InChI=1S/C14H24N4O/c1-6-12-16-13(15-5)11(4)14(17-12)18-7-10(3)19-8-9(18)2/h9-10H,6-8H2,1-5H3,(H,15,16,17). The minimum Gasteiger partial charge on any atom is -0.375 e. The number of anilines is 2. The molecule has 0 radical (unpaired) electrons. The van der Waals surface area contributed by atoms with Crippen LogP contribution in [0.15, 0.2) is 0 Å². The maximum atomic E-state index is 5.69. The van der Waals surface area contributed by atoms with Gasteiger partial charge in [-0.05, 0) is 20.8 Å². The van der Waals surface area contributed by atoms with Gasteiger partial charge in [0, 0.05) is 25.6 Å². The summed E-state index contributed by atoms with van der Waals surface area (Å²) in [6.45, 7) is 10.1. The highest BCUT2D eigenvalue weighted by atomic mass is 16.5. The van der Waals surface area contributed by atoms with Crippen LogP contribution in [0.2, 0.25) is 0 Å². The van der Waals surface area contributed by atoms with Crippen LogP contribution in [0.4, 0.5) is 11.6 Å². The summed E-state index contributed by atoms with van der Waals surface area (Å²) < 4.78 is 5.69. The Bertz CT molecular complexity index is 449. The van der Waals surface area contributed by atoms with Crippen LogP contribution in [-0.2, 0) is 11.2 Å². The monoisotopic (exact) mass is 264 g/mol. The average Bonchev–Trinajstić information content (AvgIpc) is 2.42. The molecule has 0 saturated carbocycles. The van der Waals surface area contributed by atoms with Crippen molar-refractivity contribution in [2.75, 3.05) is 30.4 Å². The van der Waals surface area contributed by atoms with Gasteiger partial charge in [0.15, 0.2) is 0 Å². The number of hydrogen-bond donors (Lipinski definition) is 1. The molecule has 2 unspecified atom stereocenters. The molecule has 0 spiro atoms. The van der Waals surface area contributed by atoms with Gasteiger partial charge >= 0.3 is 0 Å². The molecule has 1 aromatic heterocycles. The zero-order valence-electron chi connectivity index (χ0n) is 12.5. The van der Waals surface area contributed by atoms with Gasteiger partial charge in [-0.1, -0.05) is 6.92 Å². The number of nitrogens with one attached hydrogen (secondary N) is 1. The third kappa shape index (κ3) is 2.81. The van der Waals surface area contributed by atoms with E-state index in [1.165, 1.54) is 0 Å². The van der Waals surface area contributed by atoms with Gasteiger partial charge in [-0.15, -0.1) is 0 Å². The first-order chi connectivity index (χ1) is 9.06. The molecular formula is C14H24N4O. The maximum Gasteiger partial charge on any atom is 0.137 e. The van der Waals surface area contributed by atoms with Crippen LogP contribution in [0, 0.1) is 6.92 Å². The Hall–Kier alpha value is -1.36. The van der Waals surface area contributed by atoms with Crippen molar-refractivity contribution in [3.63, 3.8) is 0 Å². The number of aryl methyl sites for hydroxylation is 1. The van der Waals surface area contributed by atoms with E-state index < -0.39 is 0 Å². The number of ether oxygens (including phenoxy) is 1. The lowest BCUT2D eigenvalue weighted by atomic mass is 10.1. The Kier molecular flexibility index (Phi) is 4.24. The van der Waals surface area contributed by atoms with Crippen LogP contribution in [0.3, 0.4) is 0 Å². The molecule has 2 heterocycles. The summed E-state index contributed by atoms with van der Waals surface area (Å²) in [4.78, 5) is 11.6. The van der Waals surface area contributed by atoms with Gasteiger partial charge in [0.2, 0.25) is 0 Å². The Morgan fingerprint density at radius 2 is 2.11 bits per heavy atom. The van der Waals surface area contributed by atoms with Crippen LogP contribution < -0.4 is 10.2 Å². The average molecular weight is 264 g/mol. The summed E-state index contributed by atoms with van der Waals surface area (Å²) in [5, 5.41) is 3.17. The van der Waals surface area contributed by atoms with Crippen LogP contribution in [0.1, 0.15) is 32.2 Å². The highest BCUT2D eigenvalue weighted by Crippen LogP contribution is 2.27. The lowest BCUT2D eigenvalue weighted by molar-refractivity contribution is 0.0340. The van der Waals surface area contributed by atoms with E-state index in [4.69, 9.17) is 9.72 Å². The smallest absolute Gasteiger partial charge is 0.137 e. The van der Waals surface area contributed by atoms with Crippen molar-refractivity contribution in [3.8, 4) is 0 Å². The molecule has 0 aliphatic carbocycles. The van der Waals surface area contributed by atoms with E-state index in [2.05, 4.69) is 42.9 Å². The summed E-state index contributed by atoms with van der Waals surface area (Å²) in [5.74, 6) is 2.85. The minimum absolute atomic E-state index is 0.244. The lowest BCUT2D eigenvalue weighted by Gasteiger charge is -2.38. The van der Waals surface area contributed by atoms with Crippen molar-refractivity contribution in [1.29, 1.82) is 0 Å². The third-order valence-corrected chi connectivity index (χ3v) is 3.60. The molecule has 5 nitrogen and oxygen atoms in total. The Morgan fingerprint density at radius 3 is 2.74 bits per heavy atom. The first-order valence-corrected chi connectivity index (χ1v) is 7.00. The molecular weight excluding hydrogens is 240 g/mol. The highest BCUT2D eigenvalue weighted by Gasteiger charge is 2.27. The summed E-state index contributed by atoms with van der Waals surface area (Å²) in [6, 6.07) is 0.346. The second-order valence-electron chi connectivity index (χ2n) is 5.19. The number of nitrogens with zero attached hydrogens (tertiary/aromatic N) is 3. The van der Waals surface area contributed by atoms with E-state index in [-0.39, 0.29) is 6.10 Å². The van der Waals surface area contributed by atoms with E-state index in [1.807, 2.05) is 7.05 Å². The zero-order chi connectivity index (χ0) is 14.0. The van der Waals surface area contributed by atoms with Crippen molar-refractivity contribution < 1.29 is 4.74 Å². The molecule has 0 bridgehead atoms. The first-order valence-electron chi connectivity index (χ1n) is 7.00. The SMILES string of the molecule is CCc1nc(NC)c(C)c(N2CC(C)OCC2C)n1. The number of rotatable bonds is 3. The van der Waals surface area contributed by atoms with Gasteiger partial charge in [-0.25, -0.2) is 9.97 Å². The van der Waals surface area contributed by atoms with Crippen molar-refractivity contribution in [2.24, 2.45) is 0 Å². The van der Waals surface area contributed by atoms with Crippen LogP contribution >= 0.6 is 0 Å². The molecule has 1 aliphatic heterocycles. The normalized spacial score (nSPS) is 23.5. The largest absolute Gasteiger partial charge is 0.375 e. The Labute approximate surface area is 115 Å². The zero-order valence-corrected chi connectivity index (χ0v) is 12.5. The molecule has 5 heteroatoms. The molecule has 2 rings (SSSR count). The molecule has 1 aliphatic rings. The summed E-state index contributed by atoms with van der Waals surface area (Å²) in [7, 11) is 1.91. The highest BCUT2D eigenvalue weighted by molar-refractivity contribution is 5.59. The molecule has 106 valence electrons. The van der Waals surface area contributed by atoms with E-state index in [9.17, 15) is 0 Å². The van der Waals surface area contributed by atoms with E-state index in [0.29, 0.717) is 6.04 Å². The minimum atomic E-state index is 0.244. The molecule has 1 saturated heterocycles. The van der Waals surface area contributed by atoms with E-state index in [0.717, 1.165) is 42.6 Å². The molecule has 19 heavy (non-hydrogen) atoms. The Balaban J connectivity index is 2.41. The fourth-order valence-corrected chi connectivity index (χ4v) is 2.43. The van der Waals surface area contributed by atoms with Crippen LogP contribution in [0.25, 0.3) is 0 Å². The molecule has 1 aromatic rings. The van der Waals surface area contributed by atoms with Gasteiger partial charge in [0.25, 0.3) is 0 Å². The number of aromatic nitrogens is 2. The fourth-order valence-electron chi connectivity index (χ4n) is 2.43. The summed E-state index contributed by atoms with van der Waals surface area (Å²) in [6.07, 6.45) is 1.09. The molecule has 1 fully saturated rings. The van der Waals surface area contributed by atoms with Crippen LogP contribution in [-0.4, -0.2) is 42.3 Å². The van der Waals surface area contributed by atoms with E-state index in [1.54, 1.807) is 0 Å². The lowest BCUT2D eigenvalue weighted by Crippen LogP contribution is -2.48. The molecule has 0 amide bonds. The fraction of sp³-hybridized carbons (Fsp3) is 0.714. The molecule has 1 N–H and O–H groups in total. The van der Waals surface area contributed by atoms with Crippen molar-refractivity contribution >= 4 is 11.6 Å². The van der Waals surface area contributed by atoms with Gasteiger partial charge in [0.05, 0.1) is 18.8 Å². The quantitative estimate of drug-likeness (QED) is 0.905. The summed E-state index contributed by atoms with van der Waals surface area (Å²) >= 11 is 0. The first kappa shape index (κ1) is 14.1. The van der Waals surface area contributed by atoms with Gasteiger partial charge in [0.1, 0.15) is 17.5 Å². The topological polar surface area (TPSA) is 50.3 Å². The van der Waals surface area contributed by atoms with Gasteiger partial charge in [-0.3, -0.25) is 0 Å².